The first-order valence-electron chi connectivity index (χ1n) is 9.61. The summed E-state index contributed by atoms with van der Waals surface area (Å²) in [5, 5.41) is 1.98. The van der Waals surface area contributed by atoms with Gasteiger partial charge in [-0.1, -0.05) is 36.4 Å². The summed E-state index contributed by atoms with van der Waals surface area (Å²) in [6, 6.07) is 18.0. The molecule has 0 aliphatic heterocycles. The van der Waals surface area contributed by atoms with Crippen molar-refractivity contribution in [2.24, 2.45) is 0 Å². The number of methoxy groups -OCH3 is 1. The molecule has 2 aromatic carbocycles. The van der Waals surface area contributed by atoms with Crippen LogP contribution in [0.1, 0.15) is 23.4 Å². The Hall–Kier alpha value is -3.32. The van der Waals surface area contributed by atoms with Crippen LogP contribution in [0.2, 0.25) is 0 Å². The maximum atomic E-state index is 13.6. The lowest BCUT2D eigenvalue weighted by molar-refractivity contribution is -0.135. The molecule has 1 atom stereocenters. The third-order valence-electron chi connectivity index (χ3n) is 5.06. The van der Waals surface area contributed by atoms with Gasteiger partial charge in [-0.05, 0) is 36.6 Å². The predicted octanol–water partition coefficient (Wildman–Crippen LogP) is 4.45. The fourth-order valence-electron chi connectivity index (χ4n) is 3.57. The standard InChI is InChI=1S/C23H22N2O4S/c1-16(25-19-10-4-6-12-21(19)29-23(25)27)22(26)24(15-18-9-7-13-30-18)14-17-8-3-5-11-20(17)28-2/h3-13,16H,14-15H2,1-2H3/t16-/m1/s1. The van der Waals surface area contributed by atoms with Gasteiger partial charge >= 0.3 is 5.76 Å². The summed E-state index contributed by atoms with van der Waals surface area (Å²) in [5.74, 6) is 0.0217. The van der Waals surface area contributed by atoms with Crippen LogP contribution in [0, 0.1) is 0 Å². The van der Waals surface area contributed by atoms with Gasteiger partial charge in [0, 0.05) is 17.0 Å². The maximum Gasteiger partial charge on any atom is 0.420 e. The molecule has 30 heavy (non-hydrogen) atoms. The van der Waals surface area contributed by atoms with Gasteiger partial charge in [-0.2, -0.15) is 0 Å². The quantitative estimate of drug-likeness (QED) is 0.441. The highest BCUT2D eigenvalue weighted by Gasteiger charge is 2.27. The molecular formula is C23H22N2O4S. The van der Waals surface area contributed by atoms with Crippen molar-refractivity contribution in [3.8, 4) is 5.75 Å². The van der Waals surface area contributed by atoms with Crippen LogP contribution in [-0.2, 0) is 17.9 Å². The first-order chi connectivity index (χ1) is 14.6. The molecule has 0 spiro atoms. The summed E-state index contributed by atoms with van der Waals surface area (Å²) in [6.45, 7) is 2.55. The average Bonchev–Trinajstić information content (AvgIpc) is 3.39. The molecule has 0 aliphatic carbocycles. The Balaban J connectivity index is 1.69. The lowest BCUT2D eigenvalue weighted by atomic mass is 10.1. The lowest BCUT2D eigenvalue weighted by Crippen LogP contribution is -2.37. The molecule has 0 fully saturated rings. The van der Waals surface area contributed by atoms with E-state index in [1.54, 1.807) is 48.5 Å². The number of thiophene rings is 1. The fourth-order valence-corrected chi connectivity index (χ4v) is 4.29. The summed E-state index contributed by atoms with van der Waals surface area (Å²) >= 11 is 1.59. The van der Waals surface area contributed by atoms with Crippen molar-refractivity contribution >= 4 is 28.3 Å². The van der Waals surface area contributed by atoms with Crippen molar-refractivity contribution in [3.05, 3.63) is 87.0 Å². The number of hydrogen-bond acceptors (Lipinski definition) is 5. The Morgan fingerprint density at radius 2 is 1.87 bits per heavy atom. The molecule has 0 radical (unpaired) electrons. The number of aromatic nitrogens is 1. The third kappa shape index (κ3) is 3.89. The van der Waals surface area contributed by atoms with Crippen molar-refractivity contribution in [1.82, 2.24) is 9.47 Å². The van der Waals surface area contributed by atoms with Crippen molar-refractivity contribution in [1.29, 1.82) is 0 Å². The first kappa shape index (κ1) is 20.0. The van der Waals surface area contributed by atoms with Gasteiger partial charge in [-0.15, -0.1) is 11.3 Å². The Morgan fingerprint density at radius 3 is 2.63 bits per heavy atom. The maximum absolute atomic E-state index is 13.6. The number of rotatable bonds is 7. The largest absolute Gasteiger partial charge is 0.496 e. The monoisotopic (exact) mass is 422 g/mol. The van der Waals surface area contributed by atoms with Crippen molar-refractivity contribution in [2.75, 3.05) is 7.11 Å². The Kier molecular flexibility index (Phi) is 5.72. The third-order valence-corrected chi connectivity index (χ3v) is 5.92. The minimum atomic E-state index is -0.712. The van der Waals surface area contributed by atoms with Gasteiger partial charge in [0.2, 0.25) is 5.91 Å². The number of ether oxygens (including phenoxy) is 1. The Bertz CT molecular complexity index is 1210. The molecule has 0 unspecified atom stereocenters. The molecule has 2 heterocycles. The van der Waals surface area contributed by atoms with Crippen molar-refractivity contribution in [3.63, 3.8) is 0 Å². The molecule has 4 aromatic rings. The number of oxazole rings is 1. The van der Waals surface area contributed by atoms with E-state index in [-0.39, 0.29) is 5.91 Å². The van der Waals surface area contributed by atoms with Gasteiger partial charge in [0.1, 0.15) is 11.8 Å². The van der Waals surface area contributed by atoms with Crippen LogP contribution in [0.4, 0.5) is 0 Å². The molecule has 154 valence electrons. The molecule has 2 aromatic heterocycles. The second kappa shape index (κ2) is 8.59. The van der Waals surface area contributed by atoms with Crippen LogP contribution >= 0.6 is 11.3 Å². The average molecular weight is 423 g/mol. The Labute approximate surface area is 177 Å². The molecule has 4 rings (SSSR count). The number of benzene rings is 2. The topological polar surface area (TPSA) is 64.7 Å². The van der Waals surface area contributed by atoms with Gasteiger partial charge in [0.15, 0.2) is 5.58 Å². The SMILES string of the molecule is COc1ccccc1CN(Cc1cccs1)C(=O)[C@@H](C)n1c(=O)oc2ccccc21. The Morgan fingerprint density at radius 1 is 1.10 bits per heavy atom. The zero-order chi connectivity index (χ0) is 21.1. The molecule has 0 saturated heterocycles. The van der Waals surface area contributed by atoms with E-state index in [1.807, 2.05) is 47.8 Å². The van der Waals surface area contributed by atoms with E-state index >= 15 is 0 Å². The summed E-state index contributed by atoms with van der Waals surface area (Å²) in [7, 11) is 1.62. The van der Waals surface area contributed by atoms with Crippen LogP contribution in [-0.4, -0.2) is 22.5 Å². The molecule has 7 heteroatoms. The van der Waals surface area contributed by atoms with E-state index in [9.17, 15) is 9.59 Å². The number of nitrogens with zero attached hydrogens (tertiary/aromatic N) is 2. The van der Waals surface area contributed by atoms with E-state index < -0.39 is 11.8 Å². The fraction of sp³-hybridized carbons (Fsp3) is 0.217. The molecule has 0 aliphatic rings. The van der Waals surface area contributed by atoms with E-state index in [1.165, 1.54) is 4.57 Å². The molecular weight excluding hydrogens is 400 g/mol. The first-order valence-corrected chi connectivity index (χ1v) is 10.5. The summed E-state index contributed by atoms with van der Waals surface area (Å²) in [5.41, 5.74) is 1.98. The number of carbonyl (C=O) groups is 1. The minimum absolute atomic E-state index is 0.164. The molecule has 0 bridgehead atoms. The van der Waals surface area contributed by atoms with Gasteiger partial charge in [-0.3, -0.25) is 9.36 Å². The van der Waals surface area contributed by atoms with Crippen LogP contribution in [0.5, 0.6) is 5.75 Å². The van der Waals surface area contributed by atoms with E-state index in [0.717, 1.165) is 16.2 Å². The zero-order valence-corrected chi connectivity index (χ0v) is 17.6. The number of para-hydroxylation sites is 3. The summed E-state index contributed by atoms with van der Waals surface area (Å²) < 4.78 is 12.2. The number of hydrogen-bond donors (Lipinski definition) is 0. The normalized spacial score (nSPS) is 12.1. The van der Waals surface area contributed by atoms with Crippen LogP contribution in [0.25, 0.3) is 11.1 Å². The van der Waals surface area contributed by atoms with Crippen molar-refractivity contribution in [2.45, 2.75) is 26.1 Å². The van der Waals surface area contributed by atoms with Crippen LogP contribution in [0.15, 0.2) is 75.3 Å². The highest BCUT2D eigenvalue weighted by atomic mass is 32.1. The van der Waals surface area contributed by atoms with E-state index in [4.69, 9.17) is 9.15 Å². The number of amides is 1. The molecule has 0 saturated carbocycles. The highest BCUT2D eigenvalue weighted by Crippen LogP contribution is 2.25. The van der Waals surface area contributed by atoms with Crippen LogP contribution in [0.3, 0.4) is 0 Å². The zero-order valence-electron chi connectivity index (χ0n) is 16.8. The highest BCUT2D eigenvalue weighted by molar-refractivity contribution is 7.09. The van der Waals surface area contributed by atoms with Gasteiger partial charge < -0.3 is 14.1 Å². The lowest BCUT2D eigenvalue weighted by Gasteiger charge is -2.26. The van der Waals surface area contributed by atoms with Crippen molar-refractivity contribution < 1.29 is 13.9 Å². The van der Waals surface area contributed by atoms with Gasteiger partial charge in [-0.25, -0.2) is 4.79 Å². The number of carbonyl (C=O) groups excluding carboxylic acids is 1. The molecule has 1 amide bonds. The van der Waals surface area contributed by atoms with Crippen LogP contribution < -0.4 is 10.5 Å². The minimum Gasteiger partial charge on any atom is -0.496 e. The van der Waals surface area contributed by atoms with Gasteiger partial charge in [0.05, 0.1) is 19.2 Å². The van der Waals surface area contributed by atoms with E-state index in [2.05, 4.69) is 0 Å². The smallest absolute Gasteiger partial charge is 0.420 e. The summed E-state index contributed by atoms with van der Waals surface area (Å²) in [4.78, 5) is 28.9. The molecule has 0 N–H and O–H groups in total. The summed E-state index contributed by atoms with van der Waals surface area (Å²) in [6.07, 6.45) is 0. The molecule has 6 nitrogen and oxygen atoms in total. The number of fused-ring (bicyclic) bond motifs is 1. The van der Waals surface area contributed by atoms with E-state index in [0.29, 0.717) is 24.2 Å². The predicted molar refractivity (Wildman–Crippen MR) is 117 cm³/mol. The second-order valence-electron chi connectivity index (χ2n) is 6.97. The second-order valence-corrected chi connectivity index (χ2v) is 8.00. The van der Waals surface area contributed by atoms with Gasteiger partial charge in [0.25, 0.3) is 0 Å².